The molecule has 0 spiro atoms. The van der Waals surface area contributed by atoms with Crippen molar-refractivity contribution in [1.82, 2.24) is 29.5 Å². The average Bonchev–Trinajstić information content (AvgIpc) is 3.38. The van der Waals surface area contributed by atoms with Crippen molar-refractivity contribution in [3.05, 3.63) is 66.0 Å². The molecule has 1 aromatic carbocycles. The molecule has 0 bridgehead atoms. The van der Waals surface area contributed by atoms with Gasteiger partial charge in [0, 0.05) is 47.5 Å². The number of carbonyl (C=O) groups is 1. The molecule has 0 fully saturated rings. The van der Waals surface area contributed by atoms with Crippen LogP contribution in [0.25, 0.3) is 16.9 Å². The summed E-state index contributed by atoms with van der Waals surface area (Å²) >= 11 is 0. The van der Waals surface area contributed by atoms with Gasteiger partial charge in [0.15, 0.2) is 11.5 Å². The van der Waals surface area contributed by atoms with Crippen molar-refractivity contribution >= 4 is 27.6 Å². The lowest BCUT2D eigenvalue weighted by Crippen LogP contribution is -2.29. The summed E-state index contributed by atoms with van der Waals surface area (Å²) in [5, 5.41) is 6.30. The molecule has 17 heteroatoms. The SMILES string of the molecule is COc1cc(F)cc(Nc2ncc(-c3cnc(OC)c(C(=O)NS(C)(=O)=O)c3)c(-n3ccc(C(F)(F)F)n3)n2)c1. The van der Waals surface area contributed by atoms with Gasteiger partial charge >= 0.3 is 6.18 Å². The van der Waals surface area contributed by atoms with Crippen molar-refractivity contribution in [2.24, 2.45) is 0 Å². The third-order valence-corrected chi connectivity index (χ3v) is 5.66. The van der Waals surface area contributed by atoms with Crippen LogP contribution in [-0.4, -0.2) is 59.5 Å². The molecule has 1 amide bonds. The van der Waals surface area contributed by atoms with E-state index in [-0.39, 0.29) is 45.8 Å². The number of nitrogens with zero attached hydrogens (tertiary/aromatic N) is 5. The first-order valence-corrected chi connectivity index (χ1v) is 12.8. The number of hydrogen-bond donors (Lipinski definition) is 2. The summed E-state index contributed by atoms with van der Waals surface area (Å²) in [5.74, 6) is -2.06. The van der Waals surface area contributed by atoms with Crippen molar-refractivity contribution < 1.29 is 40.2 Å². The highest BCUT2D eigenvalue weighted by atomic mass is 32.2. The second-order valence-electron chi connectivity index (χ2n) is 8.06. The zero-order chi connectivity index (χ0) is 29.2. The lowest BCUT2D eigenvalue weighted by molar-refractivity contribution is -0.141. The molecular formula is C23H19F4N7O5S. The molecule has 12 nitrogen and oxygen atoms in total. The number of alkyl halides is 3. The van der Waals surface area contributed by atoms with Crippen LogP contribution in [0.2, 0.25) is 0 Å². The van der Waals surface area contributed by atoms with E-state index in [1.54, 1.807) is 4.72 Å². The van der Waals surface area contributed by atoms with Crippen molar-refractivity contribution in [1.29, 1.82) is 0 Å². The van der Waals surface area contributed by atoms with Crippen LogP contribution in [0.5, 0.6) is 11.6 Å². The molecule has 4 rings (SSSR count). The number of pyridine rings is 1. The van der Waals surface area contributed by atoms with E-state index >= 15 is 0 Å². The Morgan fingerprint density at radius 3 is 2.42 bits per heavy atom. The first-order chi connectivity index (χ1) is 18.8. The number of halogens is 4. The number of benzene rings is 1. The Morgan fingerprint density at radius 1 is 1.05 bits per heavy atom. The van der Waals surface area contributed by atoms with Gasteiger partial charge in [-0.15, -0.1) is 0 Å². The van der Waals surface area contributed by atoms with Gasteiger partial charge in [-0.1, -0.05) is 0 Å². The topological polar surface area (TPSA) is 150 Å². The van der Waals surface area contributed by atoms with Crippen LogP contribution in [0.15, 0.2) is 48.9 Å². The molecule has 3 heterocycles. The van der Waals surface area contributed by atoms with E-state index in [1.165, 1.54) is 38.7 Å². The van der Waals surface area contributed by atoms with Gasteiger partial charge in [-0.05, 0) is 18.2 Å². The van der Waals surface area contributed by atoms with Crippen molar-refractivity contribution in [2.75, 3.05) is 25.8 Å². The van der Waals surface area contributed by atoms with Crippen molar-refractivity contribution in [3.63, 3.8) is 0 Å². The molecule has 0 aliphatic heterocycles. The number of hydrogen-bond acceptors (Lipinski definition) is 10. The summed E-state index contributed by atoms with van der Waals surface area (Å²) in [6, 6.07) is 5.63. The quantitative estimate of drug-likeness (QED) is 0.297. The van der Waals surface area contributed by atoms with Crippen LogP contribution in [0.4, 0.5) is 29.2 Å². The van der Waals surface area contributed by atoms with E-state index in [2.05, 4.69) is 25.4 Å². The Bertz CT molecular complexity index is 1690. The van der Waals surface area contributed by atoms with Crippen LogP contribution in [0, 0.1) is 5.82 Å². The molecule has 0 radical (unpaired) electrons. The van der Waals surface area contributed by atoms with E-state index in [1.807, 2.05) is 0 Å². The number of ether oxygens (including phenoxy) is 2. The van der Waals surface area contributed by atoms with E-state index in [4.69, 9.17) is 9.47 Å². The van der Waals surface area contributed by atoms with Gasteiger partial charge in [0.25, 0.3) is 5.91 Å². The van der Waals surface area contributed by atoms with Gasteiger partial charge in [0.1, 0.15) is 17.1 Å². The Labute approximate surface area is 224 Å². The number of rotatable bonds is 8. The summed E-state index contributed by atoms with van der Waals surface area (Å²) in [6.07, 6.45) is -0.542. The maximum Gasteiger partial charge on any atom is 0.435 e. The van der Waals surface area contributed by atoms with Crippen molar-refractivity contribution in [2.45, 2.75) is 6.18 Å². The Hall–Kier alpha value is -4.80. The minimum Gasteiger partial charge on any atom is -0.497 e. The van der Waals surface area contributed by atoms with E-state index in [0.717, 1.165) is 35.3 Å². The first kappa shape index (κ1) is 28.2. The molecule has 3 aromatic heterocycles. The van der Waals surface area contributed by atoms with E-state index in [0.29, 0.717) is 0 Å². The zero-order valence-electron chi connectivity index (χ0n) is 20.8. The van der Waals surface area contributed by atoms with Crippen LogP contribution in [-0.2, 0) is 16.2 Å². The van der Waals surface area contributed by atoms with Gasteiger partial charge < -0.3 is 14.8 Å². The Morgan fingerprint density at radius 2 is 1.80 bits per heavy atom. The Balaban J connectivity index is 1.85. The average molecular weight is 582 g/mol. The van der Waals surface area contributed by atoms with Crippen LogP contribution < -0.4 is 19.5 Å². The zero-order valence-corrected chi connectivity index (χ0v) is 21.6. The fourth-order valence-electron chi connectivity index (χ4n) is 3.43. The third kappa shape index (κ3) is 6.42. The minimum absolute atomic E-state index is 0.0581. The molecule has 0 aliphatic rings. The number of aromatic nitrogens is 5. The monoisotopic (exact) mass is 581 g/mol. The number of sulfonamides is 1. The number of amides is 1. The van der Waals surface area contributed by atoms with Gasteiger partial charge in [0.2, 0.25) is 21.9 Å². The lowest BCUT2D eigenvalue weighted by Gasteiger charge is -2.14. The van der Waals surface area contributed by atoms with E-state index < -0.39 is 33.6 Å². The maximum atomic E-state index is 14.0. The molecule has 210 valence electrons. The Kier molecular flexibility index (Phi) is 7.59. The minimum atomic E-state index is -4.75. The summed E-state index contributed by atoms with van der Waals surface area (Å²) in [5.41, 5.74) is -1.15. The summed E-state index contributed by atoms with van der Waals surface area (Å²) in [7, 11) is -1.41. The molecule has 2 N–H and O–H groups in total. The molecular weight excluding hydrogens is 562 g/mol. The standard InChI is InChI=1S/C23H19F4N7O5S/c1-38-15-8-13(24)7-14(9-15)30-22-29-11-17(19(31-22)34-5-4-18(32-34)23(25,26)27)12-6-16(21(39-2)28-10-12)20(35)33-40(3,36)37/h4-11H,1-3H3,(H,33,35)(H,29,30,31). The molecule has 0 atom stereocenters. The summed E-state index contributed by atoms with van der Waals surface area (Å²) in [6.45, 7) is 0. The van der Waals surface area contributed by atoms with Gasteiger partial charge in [0.05, 0.1) is 20.5 Å². The van der Waals surface area contributed by atoms with E-state index in [9.17, 15) is 30.8 Å². The molecule has 0 aliphatic carbocycles. The summed E-state index contributed by atoms with van der Waals surface area (Å²) in [4.78, 5) is 25.0. The highest BCUT2D eigenvalue weighted by Gasteiger charge is 2.34. The molecule has 0 unspecified atom stereocenters. The van der Waals surface area contributed by atoms with Crippen LogP contribution in [0.3, 0.4) is 0 Å². The molecule has 40 heavy (non-hydrogen) atoms. The van der Waals surface area contributed by atoms with Crippen LogP contribution >= 0.6 is 0 Å². The molecule has 0 saturated heterocycles. The van der Waals surface area contributed by atoms with Gasteiger partial charge in [-0.3, -0.25) is 4.79 Å². The first-order valence-electron chi connectivity index (χ1n) is 11.0. The fourth-order valence-corrected chi connectivity index (χ4v) is 3.88. The van der Waals surface area contributed by atoms with Crippen molar-refractivity contribution in [3.8, 4) is 28.6 Å². The predicted octanol–water partition coefficient (Wildman–Crippen LogP) is 3.33. The highest BCUT2D eigenvalue weighted by Crippen LogP contribution is 2.32. The summed E-state index contributed by atoms with van der Waals surface area (Å²) < 4.78 is 89.7. The lowest BCUT2D eigenvalue weighted by atomic mass is 10.1. The number of anilines is 2. The number of carbonyl (C=O) groups excluding carboxylic acids is 1. The molecule has 0 saturated carbocycles. The second-order valence-corrected chi connectivity index (χ2v) is 9.81. The number of nitrogens with one attached hydrogen (secondary N) is 2. The van der Waals surface area contributed by atoms with Gasteiger partial charge in [-0.2, -0.15) is 23.3 Å². The second kappa shape index (κ2) is 10.8. The van der Waals surface area contributed by atoms with Crippen LogP contribution in [0.1, 0.15) is 16.1 Å². The predicted molar refractivity (Wildman–Crippen MR) is 132 cm³/mol. The smallest absolute Gasteiger partial charge is 0.435 e. The fraction of sp³-hybridized carbons (Fsp3) is 0.174. The van der Waals surface area contributed by atoms with Gasteiger partial charge in [-0.25, -0.2) is 32.2 Å². The third-order valence-electron chi connectivity index (χ3n) is 5.11. The number of methoxy groups -OCH3 is 2. The molecule has 4 aromatic rings. The normalized spacial score (nSPS) is 11.7. The largest absolute Gasteiger partial charge is 0.497 e. The highest BCUT2D eigenvalue weighted by molar-refractivity contribution is 7.89. The maximum absolute atomic E-state index is 14.0.